The zero-order chi connectivity index (χ0) is 19.4. The number of piperidine rings is 1. The van der Waals surface area contributed by atoms with Gasteiger partial charge in [-0.25, -0.2) is 9.50 Å². The van der Waals surface area contributed by atoms with Gasteiger partial charge in [0.2, 0.25) is 0 Å². The maximum atomic E-state index is 5.04. The Hall–Kier alpha value is -2.80. The summed E-state index contributed by atoms with van der Waals surface area (Å²) in [5.41, 5.74) is 8.10. The monoisotopic (exact) mass is 402 g/mol. The number of rotatable bonds is 2. The molecule has 1 aliphatic heterocycles. The Bertz CT molecular complexity index is 1160. The number of anilines is 1. The highest BCUT2D eigenvalue weighted by molar-refractivity contribution is 7.13. The lowest BCUT2D eigenvalue weighted by atomic mass is 9.76. The number of aromatic nitrogens is 5. The molecular formula is C22H22N6S. The molecule has 5 heterocycles. The van der Waals surface area contributed by atoms with Crippen LogP contribution in [0.5, 0.6) is 0 Å². The number of hydrogen-bond acceptors (Lipinski definition) is 6. The number of pyridine rings is 1. The summed E-state index contributed by atoms with van der Waals surface area (Å²) in [4.78, 5) is 17.4. The highest BCUT2D eigenvalue weighted by Crippen LogP contribution is 2.45. The lowest BCUT2D eigenvalue weighted by Gasteiger charge is -2.40. The first-order valence-corrected chi connectivity index (χ1v) is 11.0. The molecule has 0 saturated carbocycles. The van der Waals surface area contributed by atoms with E-state index >= 15 is 0 Å². The minimum atomic E-state index is 0.376. The van der Waals surface area contributed by atoms with Gasteiger partial charge in [0.05, 0.1) is 22.3 Å². The van der Waals surface area contributed by atoms with Crippen molar-refractivity contribution < 1.29 is 0 Å². The van der Waals surface area contributed by atoms with Crippen molar-refractivity contribution >= 4 is 22.7 Å². The van der Waals surface area contributed by atoms with Crippen LogP contribution in [0, 0.1) is 12.3 Å². The maximum Gasteiger partial charge on any atom is 0.155 e. The third kappa shape index (κ3) is 2.68. The number of nitrogens with zero attached hydrogens (tertiary/aromatic N) is 6. The van der Waals surface area contributed by atoms with Gasteiger partial charge >= 0.3 is 0 Å². The summed E-state index contributed by atoms with van der Waals surface area (Å²) in [6.07, 6.45) is 10.3. The van der Waals surface area contributed by atoms with Crippen LogP contribution in [0.25, 0.3) is 16.1 Å². The minimum absolute atomic E-state index is 0.376. The van der Waals surface area contributed by atoms with Crippen molar-refractivity contribution in [3.05, 3.63) is 59.3 Å². The van der Waals surface area contributed by atoms with Crippen LogP contribution < -0.4 is 4.90 Å². The zero-order valence-corrected chi connectivity index (χ0v) is 17.2. The first-order valence-electron chi connectivity index (χ1n) is 10.1. The smallest absolute Gasteiger partial charge is 0.155 e. The van der Waals surface area contributed by atoms with Gasteiger partial charge in [-0.05, 0) is 55.7 Å². The molecule has 7 heteroatoms. The SMILES string of the molecule is Cc1nc(N2CCC3(CC2)Cc2cccnc2C3)c2ccnn2c1-c1cncs1. The molecule has 6 rings (SSSR count). The lowest BCUT2D eigenvalue weighted by molar-refractivity contribution is 0.231. The normalized spacial score (nSPS) is 17.9. The molecule has 4 aromatic rings. The Labute approximate surface area is 173 Å². The highest BCUT2D eigenvalue weighted by atomic mass is 32.1. The van der Waals surface area contributed by atoms with Gasteiger partial charge < -0.3 is 4.90 Å². The van der Waals surface area contributed by atoms with Gasteiger partial charge in [0.1, 0.15) is 11.2 Å². The second kappa shape index (κ2) is 6.35. The fourth-order valence-corrected chi connectivity index (χ4v) is 5.78. The zero-order valence-electron chi connectivity index (χ0n) is 16.4. The summed E-state index contributed by atoms with van der Waals surface area (Å²) >= 11 is 1.63. The van der Waals surface area contributed by atoms with Crippen molar-refractivity contribution in [1.82, 2.24) is 24.6 Å². The first kappa shape index (κ1) is 17.1. The van der Waals surface area contributed by atoms with Gasteiger partial charge in [-0.2, -0.15) is 5.10 Å². The second-order valence-corrected chi connectivity index (χ2v) is 9.20. The molecule has 1 saturated heterocycles. The fourth-order valence-electron chi connectivity index (χ4n) is 5.08. The fraction of sp³-hybridized carbons (Fsp3) is 0.364. The van der Waals surface area contributed by atoms with E-state index in [1.165, 1.54) is 30.5 Å². The molecule has 29 heavy (non-hydrogen) atoms. The van der Waals surface area contributed by atoms with Gasteiger partial charge in [-0.1, -0.05) is 6.07 Å². The van der Waals surface area contributed by atoms with E-state index < -0.39 is 0 Å². The molecular weight excluding hydrogens is 380 g/mol. The van der Waals surface area contributed by atoms with Crippen LogP contribution >= 0.6 is 11.3 Å². The van der Waals surface area contributed by atoms with E-state index in [0.717, 1.165) is 47.1 Å². The van der Waals surface area contributed by atoms with E-state index in [2.05, 4.69) is 45.1 Å². The van der Waals surface area contributed by atoms with E-state index in [1.54, 1.807) is 11.3 Å². The molecule has 0 N–H and O–H groups in total. The predicted molar refractivity (Wildman–Crippen MR) is 114 cm³/mol. The molecule has 0 unspecified atom stereocenters. The average molecular weight is 403 g/mol. The molecule has 0 atom stereocenters. The Morgan fingerprint density at radius 3 is 2.79 bits per heavy atom. The van der Waals surface area contributed by atoms with Crippen molar-refractivity contribution in [1.29, 1.82) is 0 Å². The van der Waals surface area contributed by atoms with E-state index in [1.807, 2.05) is 28.6 Å². The Kier molecular flexibility index (Phi) is 3.74. The molecule has 0 aromatic carbocycles. The van der Waals surface area contributed by atoms with Crippen molar-refractivity contribution in [3.8, 4) is 10.6 Å². The minimum Gasteiger partial charge on any atom is -0.355 e. The van der Waals surface area contributed by atoms with Crippen LogP contribution in [-0.2, 0) is 12.8 Å². The maximum absolute atomic E-state index is 5.04. The summed E-state index contributed by atoms with van der Waals surface area (Å²) in [5.74, 6) is 1.05. The molecule has 6 nitrogen and oxygen atoms in total. The van der Waals surface area contributed by atoms with Gasteiger partial charge in [0.25, 0.3) is 0 Å². The Morgan fingerprint density at radius 2 is 2.00 bits per heavy atom. The second-order valence-electron chi connectivity index (χ2n) is 8.31. The lowest BCUT2D eigenvalue weighted by Crippen LogP contribution is -2.41. The molecule has 2 aliphatic rings. The van der Waals surface area contributed by atoms with E-state index in [4.69, 9.17) is 4.98 Å². The van der Waals surface area contributed by atoms with Gasteiger partial charge in [0.15, 0.2) is 5.82 Å². The highest BCUT2D eigenvalue weighted by Gasteiger charge is 2.41. The van der Waals surface area contributed by atoms with E-state index in [9.17, 15) is 0 Å². The van der Waals surface area contributed by atoms with Crippen molar-refractivity contribution in [2.75, 3.05) is 18.0 Å². The number of aryl methyl sites for hydroxylation is 1. The molecule has 4 aromatic heterocycles. The topological polar surface area (TPSA) is 59.2 Å². The van der Waals surface area contributed by atoms with E-state index in [-0.39, 0.29) is 0 Å². The van der Waals surface area contributed by atoms with Gasteiger partial charge in [-0.3, -0.25) is 9.97 Å². The van der Waals surface area contributed by atoms with Gasteiger partial charge in [0, 0.05) is 31.2 Å². The average Bonchev–Trinajstić information content (AvgIpc) is 3.47. The summed E-state index contributed by atoms with van der Waals surface area (Å²) in [6, 6.07) is 6.40. The van der Waals surface area contributed by atoms with Crippen LogP contribution in [0.4, 0.5) is 5.82 Å². The Morgan fingerprint density at radius 1 is 1.10 bits per heavy atom. The largest absolute Gasteiger partial charge is 0.355 e. The van der Waals surface area contributed by atoms with Crippen LogP contribution in [0.15, 0.2) is 42.3 Å². The summed E-state index contributed by atoms with van der Waals surface area (Å²) in [7, 11) is 0. The summed E-state index contributed by atoms with van der Waals surface area (Å²) in [6.45, 7) is 4.13. The number of thiazole rings is 1. The van der Waals surface area contributed by atoms with Crippen molar-refractivity contribution in [2.24, 2.45) is 5.41 Å². The van der Waals surface area contributed by atoms with Crippen LogP contribution in [0.2, 0.25) is 0 Å². The predicted octanol–water partition coefficient (Wildman–Crippen LogP) is 3.94. The number of fused-ring (bicyclic) bond motifs is 2. The molecule has 1 spiro atoms. The summed E-state index contributed by atoms with van der Waals surface area (Å²) < 4.78 is 2.03. The quantitative estimate of drug-likeness (QED) is 0.508. The third-order valence-electron chi connectivity index (χ3n) is 6.58. The molecule has 0 bridgehead atoms. The molecule has 1 fully saturated rings. The van der Waals surface area contributed by atoms with Crippen molar-refractivity contribution in [2.45, 2.75) is 32.6 Å². The van der Waals surface area contributed by atoms with E-state index in [0.29, 0.717) is 5.41 Å². The number of hydrogen-bond donors (Lipinski definition) is 0. The van der Waals surface area contributed by atoms with Crippen LogP contribution in [-0.4, -0.2) is 37.7 Å². The first-order chi connectivity index (χ1) is 14.2. The molecule has 0 amide bonds. The molecule has 0 radical (unpaired) electrons. The standard InChI is InChI=1S/C22H22N6S/c1-15-20(19-13-23-14-29-19)28-18(4-8-25-28)21(26-15)27-9-5-22(6-10-27)11-16-3-2-7-24-17(16)12-22/h2-4,7-8,13-14H,5-6,9-12H2,1H3. The summed E-state index contributed by atoms with van der Waals surface area (Å²) in [5, 5.41) is 4.61. The Balaban J connectivity index is 1.31. The molecule has 1 aliphatic carbocycles. The molecule has 146 valence electrons. The van der Waals surface area contributed by atoms with Crippen LogP contribution in [0.1, 0.15) is 29.8 Å². The third-order valence-corrected chi connectivity index (χ3v) is 7.36. The van der Waals surface area contributed by atoms with Gasteiger partial charge in [-0.15, -0.1) is 11.3 Å². The van der Waals surface area contributed by atoms with Crippen LogP contribution in [0.3, 0.4) is 0 Å². The van der Waals surface area contributed by atoms with Crippen molar-refractivity contribution in [3.63, 3.8) is 0 Å².